The molecular formula is C20H20N6O4S. The Kier molecular flexibility index (Phi) is 4.36. The number of aryl methyl sites for hydroxylation is 1. The third-order valence-electron chi connectivity index (χ3n) is 5.49. The second-order valence-corrected chi connectivity index (χ2v) is 9.31. The number of H-pyrrole nitrogens is 1. The van der Waals surface area contributed by atoms with Crippen LogP contribution in [-0.2, 0) is 14.6 Å². The number of benzene rings is 1. The Labute approximate surface area is 177 Å². The number of nitrogens with two attached hydrogens (primary N) is 1. The van der Waals surface area contributed by atoms with Gasteiger partial charge >= 0.3 is 6.09 Å². The van der Waals surface area contributed by atoms with Crippen molar-refractivity contribution in [2.75, 3.05) is 18.1 Å². The van der Waals surface area contributed by atoms with Crippen LogP contribution < -0.4 is 10.7 Å². The van der Waals surface area contributed by atoms with Gasteiger partial charge in [0, 0.05) is 24.5 Å². The Morgan fingerprint density at radius 1 is 1.29 bits per heavy atom. The number of sulfone groups is 1. The van der Waals surface area contributed by atoms with Gasteiger partial charge in [-0.2, -0.15) is 0 Å². The third-order valence-corrected chi connectivity index (χ3v) is 7.33. The number of primary amides is 1. The van der Waals surface area contributed by atoms with Gasteiger partial charge in [-0.15, -0.1) is 0 Å². The van der Waals surface area contributed by atoms with Crippen LogP contribution >= 0.6 is 0 Å². The van der Waals surface area contributed by atoms with E-state index in [-0.39, 0.29) is 21.5 Å². The van der Waals surface area contributed by atoms with Crippen LogP contribution in [0, 0.1) is 6.92 Å². The lowest BCUT2D eigenvalue weighted by atomic mass is 10.2. The Morgan fingerprint density at radius 3 is 2.87 bits per heavy atom. The largest absolute Gasteiger partial charge is 0.444 e. The summed E-state index contributed by atoms with van der Waals surface area (Å²) in [6, 6.07) is 8.63. The fourth-order valence-corrected chi connectivity index (χ4v) is 5.65. The summed E-state index contributed by atoms with van der Waals surface area (Å²) in [5, 5.41) is 2.59. The fraction of sp³-hybridized carbons (Fsp3) is 0.250. The monoisotopic (exact) mass is 440 g/mol. The number of imidazole rings is 1. The van der Waals surface area contributed by atoms with Gasteiger partial charge in [0.05, 0.1) is 11.4 Å². The number of amides is 1. The molecule has 1 fully saturated rings. The molecule has 1 saturated heterocycles. The van der Waals surface area contributed by atoms with Gasteiger partial charge in [0.15, 0.2) is 5.03 Å². The average molecular weight is 440 g/mol. The lowest BCUT2D eigenvalue weighted by Crippen LogP contribution is -2.34. The number of hydrogen-bond acceptors (Lipinski definition) is 7. The molecule has 11 heteroatoms. The molecular weight excluding hydrogens is 420 g/mol. The number of nitrogens with one attached hydrogen (secondary N) is 1. The van der Waals surface area contributed by atoms with Crippen LogP contribution in [-0.4, -0.2) is 53.3 Å². The van der Waals surface area contributed by atoms with E-state index in [0.717, 1.165) is 5.39 Å². The molecule has 1 aromatic carbocycles. The summed E-state index contributed by atoms with van der Waals surface area (Å²) in [6.45, 7) is 2.76. The minimum absolute atomic E-state index is 0.102. The van der Waals surface area contributed by atoms with E-state index >= 15 is 0 Å². The molecule has 0 aliphatic carbocycles. The van der Waals surface area contributed by atoms with Crippen LogP contribution in [0.2, 0.25) is 0 Å². The first-order valence-electron chi connectivity index (χ1n) is 9.72. The summed E-state index contributed by atoms with van der Waals surface area (Å²) in [4.78, 5) is 23.2. The van der Waals surface area contributed by atoms with Gasteiger partial charge in [-0.3, -0.25) is 0 Å². The molecule has 160 valence electrons. The topological polar surface area (TPSA) is 136 Å². The van der Waals surface area contributed by atoms with Crippen LogP contribution in [0.5, 0.6) is 0 Å². The highest BCUT2D eigenvalue weighted by molar-refractivity contribution is 7.91. The molecule has 5 rings (SSSR count). The minimum Gasteiger partial charge on any atom is -0.444 e. The normalized spacial score (nSPS) is 16.9. The van der Waals surface area contributed by atoms with Crippen LogP contribution in [0.15, 0.2) is 52.8 Å². The van der Waals surface area contributed by atoms with Crippen LogP contribution in [0.1, 0.15) is 12.0 Å². The Hall–Kier alpha value is -3.60. The number of fused-ring (bicyclic) bond motifs is 3. The summed E-state index contributed by atoms with van der Waals surface area (Å²) >= 11 is 0. The molecule has 0 spiro atoms. The second kappa shape index (κ2) is 6.98. The number of rotatable bonds is 4. The number of nitrogens with zero attached hydrogens (tertiary/aromatic N) is 4. The second-order valence-electron chi connectivity index (χ2n) is 7.47. The zero-order valence-electron chi connectivity index (χ0n) is 16.6. The first-order chi connectivity index (χ1) is 14.9. The number of carbonyl (C=O) groups is 1. The number of aromatic amines is 1. The van der Waals surface area contributed by atoms with Crippen molar-refractivity contribution in [2.45, 2.75) is 29.4 Å². The van der Waals surface area contributed by atoms with E-state index in [1.165, 1.54) is 0 Å². The van der Waals surface area contributed by atoms with E-state index < -0.39 is 15.9 Å². The number of ether oxygens (including phenoxy) is 1. The van der Waals surface area contributed by atoms with Crippen molar-refractivity contribution < 1.29 is 17.9 Å². The summed E-state index contributed by atoms with van der Waals surface area (Å²) in [7, 11) is -3.91. The van der Waals surface area contributed by atoms with Crippen molar-refractivity contribution in [3.63, 3.8) is 0 Å². The molecule has 4 aromatic rings. The van der Waals surface area contributed by atoms with E-state index in [4.69, 9.17) is 10.5 Å². The zero-order valence-corrected chi connectivity index (χ0v) is 17.5. The van der Waals surface area contributed by atoms with Crippen LogP contribution in [0.3, 0.4) is 0 Å². The molecule has 10 nitrogen and oxygen atoms in total. The standard InChI is InChI=1S/C20H20N6O4S/c1-12-4-2-3-5-15(12)31(28,29)19-16-17(14-6-8-22-18(14)24-19)26(11-23-16)25-9-7-13(10-25)30-20(21)27/h2-6,8,11,13H,7,9-10H2,1H3,(H2,21,27)(H,22,24)/t13-/m1/s1. The van der Waals surface area contributed by atoms with Crippen molar-refractivity contribution in [1.29, 1.82) is 0 Å². The van der Waals surface area contributed by atoms with Gasteiger partial charge in [-0.1, -0.05) is 18.2 Å². The average Bonchev–Trinajstić information content (AvgIpc) is 3.45. The van der Waals surface area contributed by atoms with Crippen LogP contribution in [0.25, 0.3) is 22.1 Å². The van der Waals surface area contributed by atoms with E-state index in [1.54, 1.807) is 48.4 Å². The minimum atomic E-state index is -3.91. The number of hydrogen-bond donors (Lipinski definition) is 2. The summed E-state index contributed by atoms with van der Waals surface area (Å²) < 4.78 is 34.0. The number of carbonyl (C=O) groups excluding carboxylic acids is 1. The number of pyridine rings is 1. The van der Waals surface area contributed by atoms with E-state index in [1.807, 2.05) is 11.1 Å². The van der Waals surface area contributed by atoms with Crippen molar-refractivity contribution in [1.82, 2.24) is 19.6 Å². The molecule has 4 heterocycles. The molecule has 31 heavy (non-hydrogen) atoms. The van der Waals surface area contributed by atoms with E-state index in [0.29, 0.717) is 36.2 Å². The SMILES string of the molecule is Cc1ccccc1S(=O)(=O)c1nc2[nH]ccc2c2c1ncn2N1CC[C@@H](OC(N)=O)C1. The lowest BCUT2D eigenvalue weighted by Gasteiger charge is -2.20. The quantitative estimate of drug-likeness (QED) is 0.494. The first kappa shape index (κ1) is 19.4. The molecule has 1 aliphatic heterocycles. The fourth-order valence-electron chi connectivity index (χ4n) is 4.08. The molecule has 0 radical (unpaired) electrons. The van der Waals surface area contributed by atoms with Crippen LogP contribution in [0.4, 0.5) is 4.79 Å². The summed E-state index contributed by atoms with van der Waals surface area (Å²) in [5.74, 6) is 0. The highest BCUT2D eigenvalue weighted by Crippen LogP contribution is 2.32. The first-order valence-corrected chi connectivity index (χ1v) is 11.2. The molecule has 0 bridgehead atoms. The molecule has 1 aliphatic rings. The van der Waals surface area contributed by atoms with Gasteiger partial charge in [0.1, 0.15) is 29.1 Å². The van der Waals surface area contributed by atoms with Gasteiger partial charge in [-0.05, 0) is 24.6 Å². The smallest absolute Gasteiger partial charge is 0.404 e. The highest BCUT2D eigenvalue weighted by Gasteiger charge is 2.31. The summed E-state index contributed by atoms with van der Waals surface area (Å²) in [5.41, 5.74) is 7.14. The maximum atomic E-state index is 13.5. The maximum absolute atomic E-state index is 13.5. The molecule has 0 saturated carbocycles. The molecule has 1 atom stereocenters. The molecule has 3 N–H and O–H groups in total. The number of aromatic nitrogens is 4. The predicted molar refractivity (Wildman–Crippen MR) is 113 cm³/mol. The molecule has 0 unspecified atom stereocenters. The van der Waals surface area contributed by atoms with Crippen molar-refractivity contribution in [2.24, 2.45) is 5.73 Å². The molecule has 1 amide bonds. The van der Waals surface area contributed by atoms with Crippen molar-refractivity contribution in [3.8, 4) is 0 Å². The van der Waals surface area contributed by atoms with Gasteiger partial charge in [-0.25, -0.2) is 27.9 Å². The maximum Gasteiger partial charge on any atom is 0.404 e. The Balaban J connectivity index is 1.69. The Morgan fingerprint density at radius 2 is 2.10 bits per heavy atom. The van der Waals surface area contributed by atoms with Gasteiger partial charge in [0.2, 0.25) is 9.84 Å². The zero-order chi connectivity index (χ0) is 21.8. The lowest BCUT2D eigenvalue weighted by molar-refractivity contribution is 0.117. The molecule has 3 aromatic heterocycles. The van der Waals surface area contributed by atoms with Crippen molar-refractivity contribution >= 4 is 38.0 Å². The highest BCUT2D eigenvalue weighted by atomic mass is 32.2. The van der Waals surface area contributed by atoms with E-state index in [9.17, 15) is 13.2 Å². The predicted octanol–water partition coefficient (Wildman–Crippen LogP) is 1.86. The summed E-state index contributed by atoms with van der Waals surface area (Å²) in [6.07, 6.45) is 2.74. The van der Waals surface area contributed by atoms with Gasteiger partial charge < -0.3 is 20.5 Å². The van der Waals surface area contributed by atoms with Gasteiger partial charge in [0.25, 0.3) is 0 Å². The Bertz CT molecular complexity index is 1420. The van der Waals surface area contributed by atoms with E-state index in [2.05, 4.69) is 15.0 Å². The van der Waals surface area contributed by atoms with Crippen molar-refractivity contribution in [3.05, 3.63) is 48.4 Å². The third kappa shape index (κ3) is 3.08.